The number of carbonyl (C=O) groups excluding carboxylic acids is 1. The molecular formula is C11H14BrF3N2O. The summed E-state index contributed by atoms with van der Waals surface area (Å²) in [5.41, 5.74) is -0.805. The molecule has 2 atom stereocenters. The van der Waals surface area contributed by atoms with Crippen LogP contribution in [0.2, 0.25) is 0 Å². The summed E-state index contributed by atoms with van der Waals surface area (Å²) >= 11 is 2.51. The highest BCUT2D eigenvalue weighted by molar-refractivity contribution is 9.10. The van der Waals surface area contributed by atoms with Crippen LogP contribution in [-0.4, -0.2) is 21.0 Å². The Bertz CT molecular complexity index is 426. The van der Waals surface area contributed by atoms with Crippen LogP contribution in [-0.2, 0) is 4.79 Å². The van der Waals surface area contributed by atoms with E-state index in [1.807, 2.05) is 0 Å². The second-order valence-electron chi connectivity index (χ2n) is 5.05. The Morgan fingerprint density at radius 2 is 2.00 bits per heavy atom. The SMILES string of the molecule is CC(C)(C)N(N)C(=O)C1C(F)=CC(F)=CC1(F)Br. The zero-order valence-corrected chi connectivity index (χ0v) is 11.8. The lowest BCUT2D eigenvalue weighted by Crippen LogP contribution is -2.55. The van der Waals surface area contributed by atoms with Gasteiger partial charge in [-0.3, -0.25) is 9.80 Å². The number of allylic oxidation sites excluding steroid dienone is 3. The molecule has 0 fully saturated rings. The molecule has 0 heterocycles. The van der Waals surface area contributed by atoms with Crippen molar-refractivity contribution in [3.05, 3.63) is 23.8 Å². The maximum absolute atomic E-state index is 14.1. The number of hydrogen-bond acceptors (Lipinski definition) is 2. The van der Waals surface area contributed by atoms with E-state index in [2.05, 4.69) is 15.9 Å². The molecule has 7 heteroatoms. The molecular weight excluding hydrogens is 313 g/mol. The number of nitrogens with two attached hydrogens (primary N) is 1. The zero-order valence-electron chi connectivity index (χ0n) is 10.2. The molecule has 0 bridgehead atoms. The third kappa shape index (κ3) is 2.95. The highest BCUT2D eigenvalue weighted by Gasteiger charge is 2.48. The van der Waals surface area contributed by atoms with Gasteiger partial charge in [-0.25, -0.2) is 19.0 Å². The fraction of sp³-hybridized carbons (Fsp3) is 0.545. The van der Waals surface area contributed by atoms with Crippen molar-refractivity contribution in [1.29, 1.82) is 0 Å². The van der Waals surface area contributed by atoms with Crippen molar-refractivity contribution >= 4 is 21.8 Å². The molecule has 0 aromatic rings. The van der Waals surface area contributed by atoms with Crippen molar-refractivity contribution in [2.45, 2.75) is 30.9 Å². The van der Waals surface area contributed by atoms with E-state index in [1.165, 1.54) is 0 Å². The van der Waals surface area contributed by atoms with Gasteiger partial charge in [-0.2, -0.15) is 0 Å². The molecule has 2 unspecified atom stereocenters. The van der Waals surface area contributed by atoms with Crippen LogP contribution in [0.25, 0.3) is 0 Å². The summed E-state index contributed by atoms with van der Waals surface area (Å²) in [4.78, 5) is 12.0. The van der Waals surface area contributed by atoms with Crippen molar-refractivity contribution in [2.24, 2.45) is 11.8 Å². The van der Waals surface area contributed by atoms with Gasteiger partial charge in [0, 0.05) is 12.2 Å². The van der Waals surface area contributed by atoms with E-state index in [0.717, 1.165) is 5.01 Å². The molecule has 1 amide bonds. The Balaban J connectivity index is 3.11. The van der Waals surface area contributed by atoms with Crippen molar-refractivity contribution < 1.29 is 18.0 Å². The first kappa shape index (κ1) is 15.2. The molecule has 0 radical (unpaired) electrons. The van der Waals surface area contributed by atoms with E-state index in [0.29, 0.717) is 12.2 Å². The maximum atomic E-state index is 14.1. The van der Waals surface area contributed by atoms with E-state index in [9.17, 15) is 18.0 Å². The number of amides is 1. The lowest BCUT2D eigenvalue weighted by atomic mass is 9.94. The fourth-order valence-corrected chi connectivity index (χ4v) is 2.09. The molecule has 0 aliphatic heterocycles. The topological polar surface area (TPSA) is 46.3 Å². The van der Waals surface area contributed by atoms with Crippen LogP contribution in [0.3, 0.4) is 0 Å². The molecule has 18 heavy (non-hydrogen) atoms. The van der Waals surface area contributed by atoms with Gasteiger partial charge in [-0.05, 0) is 36.7 Å². The molecule has 0 saturated carbocycles. The summed E-state index contributed by atoms with van der Waals surface area (Å²) in [7, 11) is 0. The Kier molecular flexibility index (Phi) is 3.97. The molecule has 1 aliphatic carbocycles. The number of alkyl halides is 2. The minimum Gasteiger partial charge on any atom is -0.275 e. The highest BCUT2D eigenvalue weighted by atomic mass is 79.9. The Hall–Kier alpha value is -0.820. The van der Waals surface area contributed by atoms with E-state index in [4.69, 9.17) is 5.84 Å². The first-order valence-electron chi connectivity index (χ1n) is 5.19. The van der Waals surface area contributed by atoms with Gasteiger partial charge in [0.05, 0.1) is 5.54 Å². The predicted molar refractivity (Wildman–Crippen MR) is 65.4 cm³/mol. The van der Waals surface area contributed by atoms with Crippen LogP contribution in [0.1, 0.15) is 20.8 Å². The molecule has 2 N–H and O–H groups in total. The minimum absolute atomic E-state index is 0.470. The predicted octanol–water partition coefficient (Wildman–Crippen LogP) is 2.88. The average molecular weight is 327 g/mol. The van der Waals surface area contributed by atoms with Crippen LogP contribution in [0.15, 0.2) is 23.8 Å². The van der Waals surface area contributed by atoms with Crippen molar-refractivity contribution in [1.82, 2.24) is 5.01 Å². The monoisotopic (exact) mass is 326 g/mol. The van der Waals surface area contributed by atoms with E-state index < -0.39 is 33.6 Å². The largest absolute Gasteiger partial charge is 0.275 e. The van der Waals surface area contributed by atoms with Gasteiger partial charge >= 0.3 is 0 Å². The van der Waals surface area contributed by atoms with Crippen LogP contribution in [0.4, 0.5) is 13.2 Å². The van der Waals surface area contributed by atoms with Crippen LogP contribution in [0.5, 0.6) is 0 Å². The fourth-order valence-electron chi connectivity index (χ4n) is 1.46. The molecule has 0 aromatic heterocycles. The maximum Gasteiger partial charge on any atom is 0.251 e. The Morgan fingerprint density at radius 3 is 2.39 bits per heavy atom. The third-order valence-electron chi connectivity index (χ3n) is 2.47. The normalized spacial score (nSPS) is 28.6. The molecule has 0 aromatic carbocycles. The third-order valence-corrected chi connectivity index (χ3v) is 3.16. The summed E-state index contributed by atoms with van der Waals surface area (Å²) in [6.07, 6.45) is 0.966. The summed E-state index contributed by atoms with van der Waals surface area (Å²) in [6, 6.07) is 0. The highest BCUT2D eigenvalue weighted by Crippen LogP contribution is 2.42. The van der Waals surface area contributed by atoms with Gasteiger partial charge < -0.3 is 0 Å². The second-order valence-corrected chi connectivity index (χ2v) is 6.26. The zero-order chi connectivity index (χ0) is 14.3. The number of carbonyl (C=O) groups is 1. The first-order chi connectivity index (χ1) is 7.97. The van der Waals surface area contributed by atoms with Crippen LogP contribution < -0.4 is 5.84 Å². The Morgan fingerprint density at radius 1 is 1.50 bits per heavy atom. The lowest BCUT2D eigenvalue weighted by molar-refractivity contribution is -0.142. The second kappa shape index (κ2) is 4.70. The van der Waals surface area contributed by atoms with Crippen LogP contribution >= 0.6 is 15.9 Å². The van der Waals surface area contributed by atoms with E-state index >= 15 is 0 Å². The number of hydrogen-bond donors (Lipinski definition) is 1. The lowest BCUT2D eigenvalue weighted by Gasteiger charge is -2.36. The van der Waals surface area contributed by atoms with E-state index in [1.54, 1.807) is 20.8 Å². The number of hydrazine groups is 1. The first-order valence-corrected chi connectivity index (χ1v) is 5.98. The minimum atomic E-state index is -2.63. The quantitative estimate of drug-likeness (QED) is 0.348. The van der Waals surface area contributed by atoms with Gasteiger partial charge in [-0.15, -0.1) is 0 Å². The van der Waals surface area contributed by atoms with Gasteiger partial charge in [0.2, 0.25) is 4.58 Å². The average Bonchev–Trinajstić information content (AvgIpc) is 2.11. The number of halogens is 4. The van der Waals surface area contributed by atoms with Gasteiger partial charge in [0.1, 0.15) is 17.6 Å². The smallest absolute Gasteiger partial charge is 0.251 e. The molecule has 0 saturated heterocycles. The van der Waals surface area contributed by atoms with Gasteiger partial charge in [0.15, 0.2) is 0 Å². The Labute approximate surface area is 112 Å². The standard InChI is InChI=1S/C11H14BrF3N2O/c1-10(2,3)17(16)9(18)8-7(14)4-6(13)5-11(8,12)15/h4-5,8H,16H2,1-3H3. The molecule has 1 rings (SSSR count). The summed E-state index contributed by atoms with van der Waals surface area (Å²) in [5, 5.41) is 0.734. The molecule has 0 spiro atoms. The van der Waals surface area contributed by atoms with Gasteiger partial charge in [-0.1, -0.05) is 0 Å². The molecule has 1 aliphatic rings. The molecule has 102 valence electrons. The summed E-state index contributed by atoms with van der Waals surface area (Å²) in [5.74, 6) is 0.429. The summed E-state index contributed by atoms with van der Waals surface area (Å²) in [6.45, 7) is 4.83. The van der Waals surface area contributed by atoms with Crippen molar-refractivity contribution in [3.8, 4) is 0 Å². The van der Waals surface area contributed by atoms with Crippen molar-refractivity contribution in [3.63, 3.8) is 0 Å². The van der Waals surface area contributed by atoms with E-state index in [-0.39, 0.29) is 0 Å². The van der Waals surface area contributed by atoms with Gasteiger partial charge in [0.25, 0.3) is 5.91 Å². The van der Waals surface area contributed by atoms with Crippen molar-refractivity contribution in [2.75, 3.05) is 0 Å². The number of nitrogens with zero attached hydrogens (tertiary/aromatic N) is 1. The van der Waals surface area contributed by atoms with Crippen LogP contribution in [0, 0.1) is 5.92 Å². The number of rotatable bonds is 1. The summed E-state index contributed by atoms with van der Waals surface area (Å²) < 4.78 is 37.9. The molecule has 3 nitrogen and oxygen atoms in total.